The van der Waals surface area contributed by atoms with Crippen molar-refractivity contribution in [2.24, 2.45) is 0 Å². The molecule has 0 aromatic heterocycles. The van der Waals surface area contributed by atoms with E-state index in [1.54, 1.807) is 0 Å². The lowest BCUT2D eigenvalue weighted by Gasteiger charge is -2.17. The number of amides is 3. The molecule has 0 aromatic carbocycles. The highest BCUT2D eigenvalue weighted by molar-refractivity contribution is 5.83. The number of aliphatic carboxylic acids is 1. The predicted molar refractivity (Wildman–Crippen MR) is 69.1 cm³/mol. The highest BCUT2D eigenvalue weighted by atomic mass is 16.5. The van der Waals surface area contributed by atoms with Gasteiger partial charge < -0.3 is 30.9 Å². The van der Waals surface area contributed by atoms with Crippen molar-refractivity contribution < 1.29 is 29.3 Å². The lowest BCUT2D eigenvalue weighted by Crippen LogP contribution is -2.51. The van der Waals surface area contributed by atoms with Gasteiger partial charge in [-0.05, 0) is 6.92 Å². The van der Waals surface area contributed by atoms with Crippen molar-refractivity contribution in [2.75, 3.05) is 26.8 Å². The molecule has 0 fully saturated rings. The summed E-state index contributed by atoms with van der Waals surface area (Å²) in [4.78, 5) is 33.3. The number of carbonyl (C=O) groups is 3. The van der Waals surface area contributed by atoms with Gasteiger partial charge >= 0.3 is 12.0 Å². The number of urea groups is 1. The number of hydrogen-bond donors (Lipinski definition) is 5. The first-order valence-electron chi connectivity index (χ1n) is 6.09. The summed E-state index contributed by atoms with van der Waals surface area (Å²) in [6.45, 7) is 2.08. The Bertz CT molecular complexity index is 334. The number of aliphatic hydroxyl groups excluding tert-OH is 1. The normalized spacial score (nSPS) is 13.2. The molecule has 9 heteroatoms. The second kappa shape index (κ2) is 9.98. The van der Waals surface area contributed by atoms with Crippen LogP contribution in [-0.4, -0.2) is 67.1 Å². The standard InChI is InChI=1S/C11H21N3O6/c1-7(15)9(10(17)18)14-11(19)13-4-3-8(16)12-5-6-20-2/h7,9,15H,3-6H2,1-2H3,(H,12,16)(H,17,18)(H2,13,14,19)/t7-,9+/m1/s1. The van der Waals surface area contributed by atoms with Crippen LogP contribution in [0.4, 0.5) is 4.79 Å². The quantitative estimate of drug-likeness (QED) is 0.320. The molecule has 0 saturated heterocycles. The maximum atomic E-state index is 11.4. The molecule has 0 spiro atoms. The highest BCUT2D eigenvalue weighted by Gasteiger charge is 2.24. The Labute approximate surface area is 116 Å². The molecule has 0 aliphatic heterocycles. The van der Waals surface area contributed by atoms with Gasteiger partial charge in [0.1, 0.15) is 0 Å². The first-order chi connectivity index (χ1) is 9.38. The average molecular weight is 291 g/mol. The lowest BCUT2D eigenvalue weighted by atomic mass is 10.2. The van der Waals surface area contributed by atoms with Gasteiger partial charge in [-0.2, -0.15) is 0 Å². The molecule has 9 nitrogen and oxygen atoms in total. The van der Waals surface area contributed by atoms with Crippen LogP contribution in [0.1, 0.15) is 13.3 Å². The number of hydrogen-bond acceptors (Lipinski definition) is 5. The number of ether oxygens (including phenoxy) is 1. The van der Waals surface area contributed by atoms with Gasteiger partial charge in [0.25, 0.3) is 0 Å². The van der Waals surface area contributed by atoms with Crippen molar-refractivity contribution in [2.45, 2.75) is 25.5 Å². The number of nitrogens with one attached hydrogen (secondary N) is 3. The van der Waals surface area contributed by atoms with Gasteiger partial charge in [-0.15, -0.1) is 0 Å². The molecular formula is C11H21N3O6. The zero-order valence-corrected chi connectivity index (χ0v) is 11.5. The van der Waals surface area contributed by atoms with Gasteiger partial charge in [0.05, 0.1) is 12.7 Å². The second-order valence-electron chi connectivity index (χ2n) is 4.05. The van der Waals surface area contributed by atoms with Crippen molar-refractivity contribution in [3.8, 4) is 0 Å². The highest BCUT2D eigenvalue weighted by Crippen LogP contribution is 1.92. The summed E-state index contributed by atoms with van der Waals surface area (Å²) in [6, 6.07) is -2.16. The number of methoxy groups -OCH3 is 1. The molecule has 0 bridgehead atoms. The monoisotopic (exact) mass is 291 g/mol. The van der Waals surface area contributed by atoms with Crippen LogP contribution in [-0.2, 0) is 14.3 Å². The molecule has 0 radical (unpaired) electrons. The molecule has 0 saturated carbocycles. The van der Waals surface area contributed by atoms with E-state index in [9.17, 15) is 14.4 Å². The maximum Gasteiger partial charge on any atom is 0.328 e. The third kappa shape index (κ3) is 8.27. The van der Waals surface area contributed by atoms with Crippen molar-refractivity contribution in [3.63, 3.8) is 0 Å². The summed E-state index contributed by atoms with van der Waals surface area (Å²) >= 11 is 0. The Morgan fingerprint density at radius 3 is 2.35 bits per heavy atom. The van der Waals surface area contributed by atoms with Gasteiger partial charge in [-0.3, -0.25) is 4.79 Å². The minimum absolute atomic E-state index is 0.0524. The lowest BCUT2D eigenvalue weighted by molar-refractivity contribution is -0.141. The van der Waals surface area contributed by atoms with Crippen LogP contribution in [0, 0.1) is 0 Å². The van der Waals surface area contributed by atoms with Crippen LogP contribution in [0.5, 0.6) is 0 Å². The summed E-state index contributed by atoms with van der Waals surface area (Å²) in [5.74, 6) is -1.60. The van der Waals surface area contributed by atoms with E-state index in [4.69, 9.17) is 14.9 Å². The Kier molecular flexibility index (Phi) is 9.05. The fraction of sp³-hybridized carbons (Fsp3) is 0.727. The van der Waals surface area contributed by atoms with E-state index in [2.05, 4.69) is 16.0 Å². The van der Waals surface area contributed by atoms with Crippen LogP contribution in [0.25, 0.3) is 0 Å². The van der Waals surface area contributed by atoms with Crippen LogP contribution in [0.2, 0.25) is 0 Å². The van der Waals surface area contributed by atoms with E-state index in [1.165, 1.54) is 14.0 Å². The summed E-state index contributed by atoms with van der Waals surface area (Å²) < 4.78 is 4.75. The maximum absolute atomic E-state index is 11.4. The molecule has 0 unspecified atom stereocenters. The molecule has 2 atom stereocenters. The molecule has 0 heterocycles. The van der Waals surface area contributed by atoms with Crippen molar-refractivity contribution >= 4 is 17.9 Å². The smallest absolute Gasteiger partial charge is 0.328 e. The fourth-order valence-electron chi connectivity index (χ4n) is 1.25. The van der Waals surface area contributed by atoms with E-state index < -0.39 is 24.1 Å². The zero-order chi connectivity index (χ0) is 15.5. The zero-order valence-electron chi connectivity index (χ0n) is 11.5. The number of aliphatic hydroxyl groups is 1. The van der Waals surface area contributed by atoms with E-state index in [0.717, 1.165) is 0 Å². The Morgan fingerprint density at radius 2 is 1.85 bits per heavy atom. The van der Waals surface area contributed by atoms with Crippen molar-refractivity contribution in [1.82, 2.24) is 16.0 Å². The van der Waals surface area contributed by atoms with E-state index >= 15 is 0 Å². The number of rotatable bonds is 9. The van der Waals surface area contributed by atoms with E-state index in [1.807, 2.05) is 0 Å². The molecule has 20 heavy (non-hydrogen) atoms. The third-order valence-corrected chi connectivity index (χ3v) is 2.30. The van der Waals surface area contributed by atoms with Crippen LogP contribution in [0.3, 0.4) is 0 Å². The Hall–Kier alpha value is -1.87. The minimum Gasteiger partial charge on any atom is -0.480 e. The van der Waals surface area contributed by atoms with Crippen molar-refractivity contribution in [3.05, 3.63) is 0 Å². The Balaban J connectivity index is 3.87. The van der Waals surface area contributed by atoms with Gasteiger partial charge in [0, 0.05) is 26.6 Å². The fourth-order valence-corrected chi connectivity index (χ4v) is 1.25. The molecule has 0 aliphatic carbocycles. The number of carbonyl (C=O) groups excluding carboxylic acids is 2. The predicted octanol–water partition coefficient (Wildman–Crippen LogP) is -1.73. The summed E-state index contributed by atoms with van der Waals surface area (Å²) in [7, 11) is 1.51. The molecule has 0 aliphatic rings. The van der Waals surface area contributed by atoms with Gasteiger partial charge in [-0.25, -0.2) is 9.59 Å². The van der Waals surface area contributed by atoms with Crippen LogP contribution >= 0.6 is 0 Å². The van der Waals surface area contributed by atoms with Gasteiger partial charge in [0.15, 0.2) is 6.04 Å². The summed E-state index contributed by atoms with van der Waals surface area (Å²) in [5.41, 5.74) is 0. The second-order valence-corrected chi connectivity index (χ2v) is 4.05. The molecule has 0 rings (SSSR count). The first-order valence-corrected chi connectivity index (χ1v) is 6.09. The van der Waals surface area contributed by atoms with E-state index in [0.29, 0.717) is 13.2 Å². The average Bonchev–Trinajstić information content (AvgIpc) is 2.35. The molecule has 5 N–H and O–H groups in total. The largest absolute Gasteiger partial charge is 0.480 e. The first kappa shape index (κ1) is 18.1. The molecular weight excluding hydrogens is 270 g/mol. The summed E-state index contributed by atoms with van der Waals surface area (Å²) in [5, 5.41) is 24.9. The minimum atomic E-state index is -1.40. The molecule has 3 amide bonds. The van der Waals surface area contributed by atoms with Crippen LogP contribution < -0.4 is 16.0 Å². The number of carboxylic acid groups (broad SMARTS) is 1. The molecule has 116 valence electrons. The number of carboxylic acids is 1. The Morgan fingerprint density at radius 1 is 1.20 bits per heavy atom. The van der Waals surface area contributed by atoms with E-state index in [-0.39, 0.29) is 18.9 Å². The SMILES string of the molecule is COCCNC(=O)CCNC(=O)N[C@H](C(=O)O)[C@@H](C)O. The van der Waals surface area contributed by atoms with Gasteiger partial charge in [-0.1, -0.05) is 0 Å². The summed E-state index contributed by atoms with van der Waals surface area (Å²) in [6.07, 6.45) is -1.17. The van der Waals surface area contributed by atoms with Crippen molar-refractivity contribution in [1.29, 1.82) is 0 Å². The topological polar surface area (TPSA) is 137 Å². The molecule has 0 aromatic rings. The third-order valence-electron chi connectivity index (χ3n) is 2.30. The van der Waals surface area contributed by atoms with Gasteiger partial charge in [0.2, 0.25) is 5.91 Å². The van der Waals surface area contributed by atoms with Crippen LogP contribution in [0.15, 0.2) is 0 Å².